The maximum absolute atomic E-state index is 5.65. The fourth-order valence-electron chi connectivity index (χ4n) is 3.66. The molecular formula is C16H26N4. The monoisotopic (exact) mass is 274 g/mol. The van der Waals surface area contributed by atoms with E-state index in [1.807, 2.05) is 12.3 Å². The molecule has 1 aliphatic heterocycles. The number of nitrogen functional groups attached to an aromatic ring is 1. The molecule has 2 atom stereocenters. The number of piperazine rings is 1. The molecular weight excluding hydrogens is 248 g/mol. The van der Waals surface area contributed by atoms with Crippen molar-refractivity contribution in [3.05, 3.63) is 18.3 Å². The Morgan fingerprint density at radius 1 is 1.15 bits per heavy atom. The Kier molecular flexibility index (Phi) is 4.10. The predicted molar refractivity (Wildman–Crippen MR) is 83.9 cm³/mol. The van der Waals surface area contributed by atoms with Gasteiger partial charge >= 0.3 is 0 Å². The highest BCUT2D eigenvalue weighted by Crippen LogP contribution is 2.28. The molecule has 2 fully saturated rings. The Labute approximate surface area is 122 Å². The molecule has 1 aromatic rings. The van der Waals surface area contributed by atoms with Crippen LogP contribution in [0.25, 0.3) is 0 Å². The van der Waals surface area contributed by atoms with Crippen molar-refractivity contribution < 1.29 is 0 Å². The number of pyridine rings is 1. The standard InChI is InChI=1S/C16H26N4/c1-13-3-2-4-14(11-13)19-7-9-20(10-8-19)15-5-6-16(17)18-12-15/h5-6,12-14H,2-4,7-11H2,1H3,(H2,17,18). The second-order valence-electron chi connectivity index (χ2n) is 6.39. The van der Waals surface area contributed by atoms with E-state index < -0.39 is 0 Å². The van der Waals surface area contributed by atoms with Crippen molar-refractivity contribution in [1.82, 2.24) is 9.88 Å². The smallest absolute Gasteiger partial charge is 0.123 e. The second kappa shape index (κ2) is 6.00. The van der Waals surface area contributed by atoms with Crippen LogP contribution in [0.3, 0.4) is 0 Å². The van der Waals surface area contributed by atoms with Gasteiger partial charge in [0, 0.05) is 32.2 Å². The molecule has 110 valence electrons. The fraction of sp³-hybridized carbons (Fsp3) is 0.688. The average molecular weight is 274 g/mol. The first-order chi connectivity index (χ1) is 9.72. The van der Waals surface area contributed by atoms with Gasteiger partial charge in [0.1, 0.15) is 5.82 Å². The molecule has 1 aromatic heterocycles. The van der Waals surface area contributed by atoms with Crippen molar-refractivity contribution in [1.29, 1.82) is 0 Å². The van der Waals surface area contributed by atoms with Gasteiger partial charge in [0.2, 0.25) is 0 Å². The molecule has 4 heteroatoms. The Morgan fingerprint density at radius 2 is 1.95 bits per heavy atom. The lowest BCUT2D eigenvalue weighted by atomic mass is 9.86. The van der Waals surface area contributed by atoms with Crippen molar-refractivity contribution in [2.75, 3.05) is 36.8 Å². The van der Waals surface area contributed by atoms with Crippen LogP contribution in [0.15, 0.2) is 18.3 Å². The molecule has 1 saturated heterocycles. The summed E-state index contributed by atoms with van der Waals surface area (Å²) in [5, 5.41) is 0. The zero-order chi connectivity index (χ0) is 13.9. The first kappa shape index (κ1) is 13.7. The van der Waals surface area contributed by atoms with Crippen molar-refractivity contribution in [3.8, 4) is 0 Å². The highest BCUT2D eigenvalue weighted by Gasteiger charge is 2.27. The van der Waals surface area contributed by atoms with Gasteiger partial charge < -0.3 is 10.6 Å². The van der Waals surface area contributed by atoms with Gasteiger partial charge in [-0.3, -0.25) is 4.90 Å². The van der Waals surface area contributed by atoms with E-state index in [1.54, 1.807) is 0 Å². The molecule has 0 bridgehead atoms. The fourth-order valence-corrected chi connectivity index (χ4v) is 3.66. The van der Waals surface area contributed by atoms with E-state index in [9.17, 15) is 0 Å². The second-order valence-corrected chi connectivity index (χ2v) is 6.39. The quantitative estimate of drug-likeness (QED) is 0.899. The molecule has 20 heavy (non-hydrogen) atoms. The summed E-state index contributed by atoms with van der Waals surface area (Å²) in [7, 11) is 0. The van der Waals surface area contributed by atoms with Gasteiger partial charge in [-0.1, -0.05) is 19.8 Å². The Hall–Kier alpha value is -1.29. The highest BCUT2D eigenvalue weighted by atomic mass is 15.3. The first-order valence-electron chi connectivity index (χ1n) is 7.93. The molecule has 3 rings (SSSR count). The Bertz CT molecular complexity index is 423. The minimum atomic E-state index is 0.601. The van der Waals surface area contributed by atoms with Crippen LogP contribution < -0.4 is 10.6 Å². The number of aromatic nitrogens is 1. The van der Waals surface area contributed by atoms with Crippen LogP contribution in [-0.4, -0.2) is 42.1 Å². The van der Waals surface area contributed by atoms with Gasteiger partial charge in [-0.25, -0.2) is 4.98 Å². The SMILES string of the molecule is CC1CCCC(N2CCN(c3ccc(N)nc3)CC2)C1. The number of hydrogen-bond donors (Lipinski definition) is 1. The Balaban J connectivity index is 1.55. The average Bonchev–Trinajstić information content (AvgIpc) is 2.48. The molecule has 1 aliphatic carbocycles. The van der Waals surface area contributed by atoms with Gasteiger partial charge in [0.15, 0.2) is 0 Å². The van der Waals surface area contributed by atoms with Crippen LogP contribution in [0.1, 0.15) is 32.6 Å². The minimum absolute atomic E-state index is 0.601. The molecule has 0 aromatic carbocycles. The third kappa shape index (κ3) is 3.06. The molecule has 2 aliphatic rings. The van der Waals surface area contributed by atoms with E-state index in [0.717, 1.165) is 25.0 Å². The summed E-state index contributed by atoms with van der Waals surface area (Å²) in [6, 6.07) is 4.80. The van der Waals surface area contributed by atoms with Gasteiger partial charge in [0.05, 0.1) is 11.9 Å². The van der Waals surface area contributed by atoms with Crippen LogP contribution in [0.2, 0.25) is 0 Å². The molecule has 2 N–H and O–H groups in total. The van der Waals surface area contributed by atoms with E-state index in [-0.39, 0.29) is 0 Å². The molecule has 4 nitrogen and oxygen atoms in total. The number of nitrogens with two attached hydrogens (primary N) is 1. The third-order valence-electron chi connectivity index (χ3n) is 4.88. The van der Waals surface area contributed by atoms with E-state index in [1.165, 1.54) is 44.5 Å². The summed E-state index contributed by atoms with van der Waals surface area (Å²) >= 11 is 0. The van der Waals surface area contributed by atoms with Crippen LogP contribution in [-0.2, 0) is 0 Å². The van der Waals surface area contributed by atoms with Crippen molar-refractivity contribution in [2.45, 2.75) is 38.6 Å². The van der Waals surface area contributed by atoms with E-state index in [2.05, 4.69) is 27.8 Å². The number of anilines is 2. The van der Waals surface area contributed by atoms with Gasteiger partial charge in [0.25, 0.3) is 0 Å². The summed E-state index contributed by atoms with van der Waals surface area (Å²) < 4.78 is 0. The third-order valence-corrected chi connectivity index (χ3v) is 4.88. The largest absolute Gasteiger partial charge is 0.384 e. The molecule has 2 heterocycles. The lowest BCUT2D eigenvalue weighted by Gasteiger charge is -2.42. The van der Waals surface area contributed by atoms with E-state index >= 15 is 0 Å². The predicted octanol–water partition coefficient (Wildman–Crippen LogP) is 2.36. The zero-order valence-corrected chi connectivity index (χ0v) is 12.5. The Morgan fingerprint density at radius 3 is 2.60 bits per heavy atom. The maximum Gasteiger partial charge on any atom is 0.123 e. The van der Waals surface area contributed by atoms with Crippen molar-refractivity contribution in [2.24, 2.45) is 5.92 Å². The minimum Gasteiger partial charge on any atom is -0.384 e. The van der Waals surface area contributed by atoms with Gasteiger partial charge in [-0.2, -0.15) is 0 Å². The number of rotatable bonds is 2. The number of hydrogen-bond acceptors (Lipinski definition) is 4. The summed E-state index contributed by atoms with van der Waals surface area (Å²) in [6.07, 6.45) is 7.52. The summed E-state index contributed by atoms with van der Waals surface area (Å²) in [5.41, 5.74) is 6.86. The zero-order valence-electron chi connectivity index (χ0n) is 12.5. The highest BCUT2D eigenvalue weighted by molar-refractivity contribution is 5.48. The molecule has 0 radical (unpaired) electrons. The van der Waals surface area contributed by atoms with Crippen LogP contribution in [0.5, 0.6) is 0 Å². The first-order valence-corrected chi connectivity index (χ1v) is 7.93. The molecule has 0 amide bonds. The van der Waals surface area contributed by atoms with E-state index in [0.29, 0.717) is 5.82 Å². The van der Waals surface area contributed by atoms with Crippen LogP contribution >= 0.6 is 0 Å². The van der Waals surface area contributed by atoms with Crippen molar-refractivity contribution in [3.63, 3.8) is 0 Å². The summed E-state index contributed by atoms with van der Waals surface area (Å²) in [6.45, 7) is 6.99. The van der Waals surface area contributed by atoms with E-state index in [4.69, 9.17) is 5.73 Å². The molecule has 2 unspecified atom stereocenters. The number of nitrogens with zero attached hydrogens (tertiary/aromatic N) is 3. The molecule has 0 spiro atoms. The maximum atomic E-state index is 5.65. The summed E-state index contributed by atoms with van der Waals surface area (Å²) in [4.78, 5) is 9.33. The lowest BCUT2D eigenvalue weighted by molar-refractivity contribution is 0.127. The topological polar surface area (TPSA) is 45.4 Å². The normalized spacial score (nSPS) is 28.6. The van der Waals surface area contributed by atoms with Gasteiger partial charge in [-0.05, 0) is 30.9 Å². The van der Waals surface area contributed by atoms with Crippen LogP contribution in [0, 0.1) is 5.92 Å². The van der Waals surface area contributed by atoms with Gasteiger partial charge in [-0.15, -0.1) is 0 Å². The van der Waals surface area contributed by atoms with Crippen molar-refractivity contribution >= 4 is 11.5 Å². The van der Waals surface area contributed by atoms with Crippen LogP contribution in [0.4, 0.5) is 11.5 Å². The molecule has 1 saturated carbocycles. The lowest BCUT2D eigenvalue weighted by Crippen LogP contribution is -2.51. The summed E-state index contributed by atoms with van der Waals surface area (Å²) in [5.74, 6) is 1.51.